The number of aromatic nitrogens is 1. The molecule has 5 nitrogen and oxygen atoms in total. The van der Waals surface area contributed by atoms with E-state index in [0.717, 1.165) is 16.5 Å². The Morgan fingerprint density at radius 1 is 1.50 bits per heavy atom. The molecule has 0 spiro atoms. The molecule has 2 aromatic rings. The Balaban J connectivity index is 0.00000147. The van der Waals surface area contributed by atoms with Crippen molar-refractivity contribution in [2.24, 2.45) is 0 Å². The summed E-state index contributed by atoms with van der Waals surface area (Å²) in [5, 5.41) is 24.4. The van der Waals surface area contributed by atoms with Crippen molar-refractivity contribution in [1.82, 2.24) is 10.3 Å². The number of nitrogens with one attached hydrogen (secondary N) is 2. The van der Waals surface area contributed by atoms with Crippen LogP contribution in [0.25, 0.3) is 10.9 Å². The van der Waals surface area contributed by atoms with Gasteiger partial charge in [0.15, 0.2) is 0 Å². The van der Waals surface area contributed by atoms with Gasteiger partial charge in [0.2, 0.25) is 0 Å². The molecule has 20 heavy (non-hydrogen) atoms. The van der Waals surface area contributed by atoms with Crippen LogP contribution in [0.5, 0.6) is 5.75 Å². The van der Waals surface area contributed by atoms with Crippen molar-refractivity contribution in [1.29, 1.82) is 0 Å². The fraction of sp³-hybridized carbons (Fsp3) is 0.308. The second-order valence-electron chi connectivity index (χ2n) is 4.60. The SMILES string of the molecule is O=C(O)[C@@H]1CSC(Cc2c[nH]c3ccc([O-])cc23)N1.[K+]. The number of thioether (sulfide) groups is 1. The molecule has 1 saturated heterocycles. The van der Waals surface area contributed by atoms with Crippen LogP contribution in [0.15, 0.2) is 24.4 Å². The van der Waals surface area contributed by atoms with Crippen LogP contribution < -0.4 is 61.8 Å². The molecule has 0 saturated carbocycles. The number of rotatable bonds is 3. The number of hydrogen-bond donors (Lipinski definition) is 3. The van der Waals surface area contributed by atoms with E-state index >= 15 is 0 Å². The number of aromatic amines is 1. The number of benzene rings is 1. The summed E-state index contributed by atoms with van der Waals surface area (Å²) in [5.41, 5.74) is 1.98. The molecule has 100 valence electrons. The Labute approximate surface area is 162 Å². The van der Waals surface area contributed by atoms with Gasteiger partial charge < -0.3 is 15.2 Å². The van der Waals surface area contributed by atoms with Gasteiger partial charge in [-0.2, -0.15) is 0 Å². The molecule has 1 unspecified atom stereocenters. The van der Waals surface area contributed by atoms with E-state index in [1.165, 1.54) is 6.07 Å². The van der Waals surface area contributed by atoms with Crippen LogP contribution >= 0.6 is 11.8 Å². The van der Waals surface area contributed by atoms with Crippen molar-refractivity contribution in [3.63, 3.8) is 0 Å². The topological polar surface area (TPSA) is 88.2 Å². The van der Waals surface area contributed by atoms with Gasteiger partial charge in [-0.3, -0.25) is 10.1 Å². The molecule has 3 rings (SSSR count). The summed E-state index contributed by atoms with van der Waals surface area (Å²) in [6.07, 6.45) is 2.60. The summed E-state index contributed by atoms with van der Waals surface area (Å²) in [5.74, 6) is -0.241. The van der Waals surface area contributed by atoms with E-state index in [2.05, 4.69) is 10.3 Å². The Bertz CT molecular complexity index is 631. The molecule has 0 bridgehead atoms. The Hall–Kier alpha value is -0.0236. The first kappa shape index (κ1) is 16.3. The van der Waals surface area contributed by atoms with Gasteiger partial charge in [-0.05, 0) is 18.1 Å². The summed E-state index contributed by atoms with van der Waals surface area (Å²) in [7, 11) is 0. The van der Waals surface area contributed by atoms with Gasteiger partial charge in [-0.1, -0.05) is 12.1 Å². The summed E-state index contributed by atoms with van der Waals surface area (Å²) in [6.45, 7) is 0. The van der Waals surface area contributed by atoms with Crippen LogP contribution in [-0.4, -0.2) is 33.2 Å². The molecule has 0 amide bonds. The van der Waals surface area contributed by atoms with Gasteiger partial charge in [0.05, 0.1) is 5.37 Å². The zero-order valence-corrected chi connectivity index (χ0v) is 15.0. The first-order valence-corrected chi connectivity index (χ1v) is 7.06. The standard InChI is InChI=1S/C13H14N2O3S.K/c16-8-1-2-10-9(4-8)7(5-14-10)3-12-15-11(6-19-12)13(17)18;/h1-2,4-5,11-12,14-16H,3,6H2,(H,17,18);/q;+1/p-1/t11-,12?;/m0./s1. The van der Waals surface area contributed by atoms with E-state index in [1.54, 1.807) is 23.9 Å². The van der Waals surface area contributed by atoms with Crippen molar-refractivity contribution < 1.29 is 66.4 Å². The van der Waals surface area contributed by atoms with Gasteiger partial charge in [0, 0.05) is 22.9 Å². The predicted molar refractivity (Wildman–Crippen MR) is 72.3 cm³/mol. The fourth-order valence-electron chi connectivity index (χ4n) is 2.32. The van der Waals surface area contributed by atoms with E-state index in [1.807, 2.05) is 6.20 Å². The number of fused-ring (bicyclic) bond motifs is 1. The normalized spacial score (nSPS) is 21.8. The quantitative estimate of drug-likeness (QED) is 0.565. The average Bonchev–Trinajstić information content (AvgIpc) is 2.98. The number of hydrogen-bond acceptors (Lipinski definition) is 4. The Morgan fingerprint density at radius 3 is 3.00 bits per heavy atom. The van der Waals surface area contributed by atoms with Crippen molar-refractivity contribution in [2.75, 3.05) is 5.75 Å². The summed E-state index contributed by atoms with van der Waals surface area (Å²) >= 11 is 1.61. The second kappa shape index (κ2) is 6.82. The van der Waals surface area contributed by atoms with E-state index < -0.39 is 12.0 Å². The van der Waals surface area contributed by atoms with E-state index in [9.17, 15) is 9.90 Å². The number of H-pyrrole nitrogens is 1. The van der Waals surface area contributed by atoms with E-state index in [0.29, 0.717) is 12.2 Å². The Morgan fingerprint density at radius 2 is 2.30 bits per heavy atom. The first-order valence-electron chi connectivity index (χ1n) is 6.01. The largest absolute Gasteiger partial charge is 1.00 e. The van der Waals surface area contributed by atoms with Crippen LogP contribution in [0.2, 0.25) is 0 Å². The maximum Gasteiger partial charge on any atom is 1.00 e. The summed E-state index contributed by atoms with van der Waals surface area (Å²) < 4.78 is 0. The molecule has 7 heteroatoms. The number of carboxylic acids is 1. The van der Waals surface area contributed by atoms with Gasteiger partial charge >= 0.3 is 57.4 Å². The van der Waals surface area contributed by atoms with Crippen LogP contribution in [0.4, 0.5) is 0 Å². The minimum Gasteiger partial charge on any atom is -0.872 e. The van der Waals surface area contributed by atoms with Crippen LogP contribution in [-0.2, 0) is 11.2 Å². The minimum atomic E-state index is -0.809. The second-order valence-corrected chi connectivity index (χ2v) is 5.84. The summed E-state index contributed by atoms with van der Waals surface area (Å²) in [6, 6.07) is 4.45. The number of carboxylic acid groups (broad SMARTS) is 1. The van der Waals surface area contributed by atoms with Gasteiger partial charge in [0.1, 0.15) is 6.04 Å². The van der Waals surface area contributed by atoms with Gasteiger partial charge in [-0.25, -0.2) is 0 Å². The molecule has 1 fully saturated rings. The van der Waals surface area contributed by atoms with E-state index in [-0.39, 0.29) is 62.5 Å². The zero-order valence-electron chi connectivity index (χ0n) is 11.1. The third kappa shape index (κ3) is 3.41. The predicted octanol–water partition coefficient (Wildman–Crippen LogP) is -2.10. The van der Waals surface area contributed by atoms with Crippen LogP contribution in [0.3, 0.4) is 0 Å². The molecule has 1 aromatic heterocycles. The van der Waals surface area contributed by atoms with Crippen molar-refractivity contribution in [3.05, 3.63) is 30.0 Å². The maximum atomic E-state index is 11.4. The zero-order chi connectivity index (χ0) is 13.4. The van der Waals surface area contributed by atoms with Gasteiger partial charge in [-0.15, -0.1) is 17.5 Å². The molecular formula is C13H13KN2O3S. The van der Waals surface area contributed by atoms with Crippen molar-refractivity contribution in [3.8, 4) is 5.75 Å². The fourth-order valence-corrected chi connectivity index (χ4v) is 3.54. The van der Waals surface area contributed by atoms with E-state index in [4.69, 9.17) is 5.11 Å². The smallest absolute Gasteiger partial charge is 0.872 e. The molecule has 0 aliphatic carbocycles. The molecule has 2 heterocycles. The third-order valence-electron chi connectivity index (χ3n) is 3.29. The van der Waals surface area contributed by atoms with Gasteiger partial charge in [0.25, 0.3) is 0 Å². The average molecular weight is 316 g/mol. The first-order chi connectivity index (χ1) is 9.13. The summed E-state index contributed by atoms with van der Waals surface area (Å²) in [4.78, 5) is 14.0. The maximum absolute atomic E-state index is 11.4. The molecule has 3 N–H and O–H groups in total. The monoisotopic (exact) mass is 316 g/mol. The molecular weight excluding hydrogens is 303 g/mol. The van der Waals surface area contributed by atoms with Crippen LogP contribution in [0, 0.1) is 0 Å². The third-order valence-corrected chi connectivity index (χ3v) is 4.52. The molecule has 1 aromatic carbocycles. The molecule has 0 radical (unpaired) electrons. The van der Waals surface area contributed by atoms with Crippen molar-refractivity contribution in [2.45, 2.75) is 17.8 Å². The molecule has 2 atom stereocenters. The van der Waals surface area contributed by atoms with Crippen molar-refractivity contribution >= 4 is 28.6 Å². The number of aliphatic carboxylic acids is 1. The molecule has 1 aliphatic heterocycles. The molecule has 1 aliphatic rings. The Kier molecular flexibility index (Phi) is 5.58. The number of carbonyl (C=O) groups is 1. The minimum absolute atomic E-state index is 0. The van der Waals surface area contributed by atoms with Crippen LogP contribution in [0.1, 0.15) is 5.56 Å².